The van der Waals surface area contributed by atoms with E-state index in [1.165, 1.54) is 13.0 Å². The van der Waals surface area contributed by atoms with Crippen molar-refractivity contribution < 1.29 is 0 Å². The molecule has 112 valence electrons. The van der Waals surface area contributed by atoms with Crippen LogP contribution in [0, 0.1) is 5.92 Å². The van der Waals surface area contributed by atoms with Crippen molar-refractivity contribution >= 4 is 11.2 Å². The van der Waals surface area contributed by atoms with Crippen molar-refractivity contribution in [1.29, 1.82) is 0 Å². The topological polar surface area (TPSA) is 46.8 Å². The van der Waals surface area contributed by atoms with E-state index in [2.05, 4.69) is 26.5 Å². The van der Waals surface area contributed by atoms with Crippen molar-refractivity contribution in [3.63, 3.8) is 0 Å². The van der Waals surface area contributed by atoms with Gasteiger partial charge in [-0.2, -0.15) is 0 Å². The molecule has 3 aromatic rings. The van der Waals surface area contributed by atoms with Crippen molar-refractivity contribution in [3.05, 3.63) is 42.7 Å². The first-order chi connectivity index (χ1) is 10.8. The fourth-order valence-electron chi connectivity index (χ4n) is 3.26. The van der Waals surface area contributed by atoms with Crippen LogP contribution >= 0.6 is 0 Å². The van der Waals surface area contributed by atoms with Gasteiger partial charge in [-0.25, -0.2) is 9.97 Å². The summed E-state index contributed by atoms with van der Waals surface area (Å²) in [4.78, 5) is 16.2. The van der Waals surface area contributed by atoms with Gasteiger partial charge in [0.15, 0.2) is 11.5 Å². The Kier molecular flexibility index (Phi) is 3.35. The highest BCUT2D eigenvalue weighted by atomic mass is 15.2. The number of hydrogen-bond acceptors (Lipinski definition) is 4. The zero-order chi connectivity index (χ0) is 14.9. The van der Waals surface area contributed by atoms with E-state index in [0.29, 0.717) is 5.92 Å². The summed E-state index contributed by atoms with van der Waals surface area (Å²) in [6.07, 6.45) is 4.88. The van der Waals surface area contributed by atoms with Crippen LogP contribution < -0.4 is 0 Å². The van der Waals surface area contributed by atoms with Gasteiger partial charge < -0.3 is 9.47 Å². The molecule has 0 saturated carbocycles. The molecule has 22 heavy (non-hydrogen) atoms. The highest BCUT2D eigenvalue weighted by Crippen LogP contribution is 2.25. The number of rotatable bonds is 3. The van der Waals surface area contributed by atoms with E-state index >= 15 is 0 Å². The van der Waals surface area contributed by atoms with Gasteiger partial charge in [-0.05, 0) is 50.2 Å². The van der Waals surface area contributed by atoms with Crippen LogP contribution in [0.5, 0.6) is 0 Å². The van der Waals surface area contributed by atoms with Gasteiger partial charge in [0.25, 0.3) is 0 Å². The molecule has 1 atom stereocenters. The molecule has 0 spiro atoms. The van der Waals surface area contributed by atoms with E-state index in [1.807, 2.05) is 42.7 Å². The highest BCUT2D eigenvalue weighted by molar-refractivity contribution is 5.76. The van der Waals surface area contributed by atoms with E-state index in [-0.39, 0.29) is 0 Å². The predicted octanol–water partition coefficient (Wildman–Crippen LogP) is 2.45. The summed E-state index contributed by atoms with van der Waals surface area (Å²) in [5.41, 5.74) is 2.80. The third-order valence-electron chi connectivity index (χ3n) is 4.33. The van der Waals surface area contributed by atoms with Crippen molar-refractivity contribution in [1.82, 2.24) is 24.4 Å². The van der Waals surface area contributed by atoms with Crippen molar-refractivity contribution in [2.45, 2.75) is 13.0 Å². The van der Waals surface area contributed by atoms with Crippen LogP contribution in [0.3, 0.4) is 0 Å². The van der Waals surface area contributed by atoms with Gasteiger partial charge in [0.1, 0.15) is 11.2 Å². The smallest absolute Gasteiger partial charge is 0.161 e. The maximum atomic E-state index is 4.77. The van der Waals surface area contributed by atoms with Gasteiger partial charge >= 0.3 is 0 Å². The number of nitrogens with zero attached hydrogens (tertiary/aromatic N) is 5. The summed E-state index contributed by atoms with van der Waals surface area (Å²) < 4.78 is 2.24. The Morgan fingerprint density at radius 1 is 1.14 bits per heavy atom. The SMILES string of the molecule is CN1CCC(Cn2c(-c3ccccn3)nc3cccnc32)C1. The monoisotopic (exact) mass is 293 g/mol. The minimum absolute atomic E-state index is 0.645. The summed E-state index contributed by atoms with van der Waals surface area (Å²) in [6, 6.07) is 9.90. The van der Waals surface area contributed by atoms with Crippen molar-refractivity contribution in [3.8, 4) is 11.5 Å². The normalized spacial score (nSPS) is 19.0. The summed E-state index contributed by atoms with van der Waals surface area (Å²) in [7, 11) is 2.18. The number of aromatic nitrogens is 4. The third-order valence-corrected chi connectivity index (χ3v) is 4.33. The van der Waals surface area contributed by atoms with Crippen LogP contribution in [0.1, 0.15) is 6.42 Å². The average Bonchev–Trinajstić information content (AvgIpc) is 3.13. The second-order valence-electron chi connectivity index (χ2n) is 6.02. The second-order valence-corrected chi connectivity index (χ2v) is 6.02. The van der Waals surface area contributed by atoms with Crippen LogP contribution in [0.25, 0.3) is 22.7 Å². The van der Waals surface area contributed by atoms with Gasteiger partial charge in [0.2, 0.25) is 0 Å². The Labute approximate surface area is 129 Å². The molecule has 0 N–H and O–H groups in total. The first-order valence-electron chi connectivity index (χ1n) is 7.72. The van der Waals surface area contributed by atoms with E-state index in [4.69, 9.17) is 4.98 Å². The van der Waals surface area contributed by atoms with E-state index in [1.54, 1.807) is 0 Å². The number of imidazole rings is 1. The van der Waals surface area contributed by atoms with Gasteiger partial charge in [-0.15, -0.1) is 0 Å². The number of pyridine rings is 2. The van der Waals surface area contributed by atoms with Crippen molar-refractivity contribution in [2.75, 3.05) is 20.1 Å². The minimum Gasteiger partial charge on any atom is -0.307 e. The number of likely N-dealkylation sites (tertiary alicyclic amines) is 1. The Morgan fingerprint density at radius 2 is 2.05 bits per heavy atom. The molecule has 5 heteroatoms. The van der Waals surface area contributed by atoms with E-state index in [9.17, 15) is 0 Å². The van der Waals surface area contributed by atoms with Gasteiger partial charge in [0, 0.05) is 25.5 Å². The number of hydrogen-bond donors (Lipinski definition) is 0. The molecule has 1 fully saturated rings. The molecule has 0 aromatic carbocycles. The maximum absolute atomic E-state index is 4.77. The molecule has 1 aliphatic rings. The first-order valence-corrected chi connectivity index (χ1v) is 7.72. The molecule has 3 aromatic heterocycles. The van der Waals surface area contributed by atoms with Crippen LogP contribution in [0.15, 0.2) is 42.7 Å². The summed E-state index contributed by atoms with van der Waals surface area (Å²) in [5.74, 6) is 1.57. The Hall–Kier alpha value is -2.27. The van der Waals surface area contributed by atoms with Gasteiger partial charge in [0.05, 0.1) is 0 Å². The molecule has 1 aliphatic heterocycles. The molecule has 5 nitrogen and oxygen atoms in total. The fourth-order valence-corrected chi connectivity index (χ4v) is 3.26. The molecule has 4 heterocycles. The largest absolute Gasteiger partial charge is 0.307 e. The Bertz CT molecular complexity index is 780. The average molecular weight is 293 g/mol. The third kappa shape index (κ3) is 2.37. The molecule has 4 rings (SSSR count). The standard InChI is InChI=1S/C17H19N5/c1-21-10-7-13(11-21)12-22-16-15(6-4-9-19-16)20-17(22)14-5-2-3-8-18-14/h2-6,8-9,13H,7,10-12H2,1H3. The minimum atomic E-state index is 0.645. The maximum Gasteiger partial charge on any atom is 0.161 e. The molecule has 1 unspecified atom stereocenters. The second kappa shape index (κ2) is 5.50. The zero-order valence-corrected chi connectivity index (χ0v) is 12.7. The summed E-state index contributed by atoms with van der Waals surface area (Å²) >= 11 is 0. The van der Waals surface area contributed by atoms with E-state index in [0.717, 1.165) is 35.8 Å². The number of fused-ring (bicyclic) bond motifs is 1. The lowest BCUT2D eigenvalue weighted by molar-refractivity contribution is 0.380. The van der Waals surface area contributed by atoms with Crippen molar-refractivity contribution in [2.24, 2.45) is 5.92 Å². The van der Waals surface area contributed by atoms with Gasteiger partial charge in [-0.1, -0.05) is 6.07 Å². The van der Waals surface area contributed by atoms with Crippen LogP contribution in [0.2, 0.25) is 0 Å². The van der Waals surface area contributed by atoms with E-state index < -0.39 is 0 Å². The highest BCUT2D eigenvalue weighted by Gasteiger charge is 2.23. The quantitative estimate of drug-likeness (QED) is 0.744. The predicted molar refractivity (Wildman–Crippen MR) is 86.4 cm³/mol. The fraction of sp³-hybridized carbons (Fsp3) is 0.353. The molecule has 0 bridgehead atoms. The molecular weight excluding hydrogens is 274 g/mol. The molecular formula is C17H19N5. The van der Waals surface area contributed by atoms with Crippen LogP contribution in [0.4, 0.5) is 0 Å². The zero-order valence-electron chi connectivity index (χ0n) is 12.7. The van der Waals surface area contributed by atoms with Crippen LogP contribution in [-0.4, -0.2) is 44.6 Å². The van der Waals surface area contributed by atoms with Crippen LogP contribution in [-0.2, 0) is 6.54 Å². The first kappa shape index (κ1) is 13.4. The molecule has 0 amide bonds. The molecule has 0 radical (unpaired) electrons. The Morgan fingerprint density at radius 3 is 2.82 bits per heavy atom. The summed E-state index contributed by atoms with van der Waals surface area (Å²) in [5, 5.41) is 0. The lowest BCUT2D eigenvalue weighted by Gasteiger charge is -2.14. The lowest BCUT2D eigenvalue weighted by Crippen LogP contribution is -2.17. The molecule has 1 saturated heterocycles. The lowest BCUT2D eigenvalue weighted by atomic mass is 10.1. The Balaban J connectivity index is 1.80. The molecule has 0 aliphatic carbocycles. The van der Waals surface area contributed by atoms with Gasteiger partial charge in [-0.3, -0.25) is 4.98 Å². The summed E-state index contributed by atoms with van der Waals surface area (Å²) in [6.45, 7) is 3.25.